The zero-order valence-electron chi connectivity index (χ0n) is 31.3. The quantitative estimate of drug-likeness (QED) is 0.111. The minimum atomic E-state index is -1.23. The van der Waals surface area contributed by atoms with Gasteiger partial charge in [-0.2, -0.15) is 5.26 Å². The van der Waals surface area contributed by atoms with Crippen molar-refractivity contribution in [3.8, 4) is 78.4 Å². The van der Waals surface area contributed by atoms with E-state index in [2.05, 4.69) is 150 Å². The van der Waals surface area contributed by atoms with E-state index in [9.17, 15) is 15.2 Å². The number of nitriles is 1. The van der Waals surface area contributed by atoms with E-state index in [1.807, 2.05) is 6.07 Å². The van der Waals surface area contributed by atoms with Gasteiger partial charge in [0.2, 0.25) is 0 Å². The second kappa shape index (κ2) is 13.3. The summed E-state index contributed by atoms with van der Waals surface area (Å²) in [5, 5.41) is 22.2. The third kappa shape index (κ3) is 6.35. The van der Waals surface area contributed by atoms with Gasteiger partial charge in [0.25, 0.3) is 0 Å². The number of benzene rings is 2. The van der Waals surface area contributed by atoms with Crippen molar-refractivity contribution in [3.63, 3.8) is 0 Å². The number of carboxylic acid groups (broad SMARTS) is 1. The van der Waals surface area contributed by atoms with Crippen molar-refractivity contribution in [3.05, 3.63) is 92.9 Å². The molecule has 264 valence electrons. The van der Waals surface area contributed by atoms with E-state index < -0.39 is 5.97 Å². The number of thiophene rings is 3. The molecular weight excluding hydrogens is 721 g/mol. The van der Waals surface area contributed by atoms with Crippen LogP contribution in [0, 0.1) is 59.2 Å². The molecule has 0 atom stereocenters. The molecule has 2 aromatic carbocycles. The number of terminal acetylenes is 1. The lowest BCUT2D eigenvalue weighted by atomic mass is 9.84. The summed E-state index contributed by atoms with van der Waals surface area (Å²) >= 11 is 4.97. The normalized spacial score (nSPS) is 13.1. The number of rotatable bonds is 4. The molecule has 7 heteroatoms. The highest BCUT2D eigenvalue weighted by Gasteiger charge is 2.39. The minimum Gasteiger partial charge on any atom is -0.477 e. The van der Waals surface area contributed by atoms with Gasteiger partial charge >= 0.3 is 5.97 Å². The Balaban J connectivity index is 1.44. The number of hydrogen-bond donors (Lipinski definition) is 1. The van der Waals surface area contributed by atoms with E-state index in [-0.39, 0.29) is 21.8 Å². The van der Waals surface area contributed by atoms with Crippen LogP contribution in [0.4, 0.5) is 0 Å². The SMILES string of the molecule is C#CC#CC#CC#Cc1cc(-c2cc3c(s2)-c2sc(C=C(C#N)C(=O)O)cc2C3(C)C)sc1-n1c2ccc(C(C)(C)C)cc2c2cc(C(C)(C)C)ccc21. The molecule has 1 N–H and O–H groups in total. The summed E-state index contributed by atoms with van der Waals surface area (Å²) in [6, 6.07) is 21.9. The van der Waals surface area contributed by atoms with Crippen LogP contribution in [0.5, 0.6) is 0 Å². The summed E-state index contributed by atoms with van der Waals surface area (Å²) in [4.78, 5) is 16.8. The van der Waals surface area contributed by atoms with E-state index in [0.717, 1.165) is 46.7 Å². The molecule has 6 aromatic rings. The maximum absolute atomic E-state index is 11.6. The van der Waals surface area contributed by atoms with Crippen LogP contribution < -0.4 is 0 Å². The van der Waals surface area contributed by atoms with Crippen LogP contribution in [0.15, 0.2) is 60.2 Å². The average Bonchev–Trinajstić information content (AvgIpc) is 3.92. The maximum Gasteiger partial charge on any atom is 0.346 e. The Morgan fingerprint density at radius 1 is 0.778 bits per heavy atom. The molecule has 0 spiro atoms. The van der Waals surface area contributed by atoms with E-state index in [0.29, 0.717) is 0 Å². The first kappa shape index (κ1) is 36.6. The number of nitrogens with zero attached hydrogens (tertiary/aromatic N) is 2. The van der Waals surface area contributed by atoms with Crippen LogP contribution in [0.1, 0.15) is 88.1 Å². The van der Waals surface area contributed by atoms with E-state index >= 15 is 0 Å². The summed E-state index contributed by atoms with van der Waals surface area (Å²) in [6.07, 6.45) is 6.73. The van der Waals surface area contributed by atoms with Crippen molar-refractivity contribution in [2.45, 2.75) is 71.6 Å². The summed E-state index contributed by atoms with van der Waals surface area (Å²) in [5.74, 6) is 18.2. The number of carbonyl (C=O) groups is 1. The van der Waals surface area contributed by atoms with Crippen LogP contribution in [-0.4, -0.2) is 15.6 Å². The molecule has 4 nitrogen and oxygen atoms in total. The zero-order chi connectivity index (χ0) is 38.7. The van der Waals surface area contributed by atoms with Crippen molar-refractivity contribution < 1.29 is 9.90 Å². The second-order valence-electron chi connectivity index (χ2n) is 15.9. The minimum absolute atomic E-state index is 0.0148. The fraction of sp³-hybridized carbons (Fsp3) is 0.234. The van der Waals surface area contributed by atoms with Gasteiger partial charge in [-0.1, -0.05) is 67.5 Å². The van der Waals surface area contributed by atoms with Gasteiger partial charge in [0.05, 0.1) is 16.6 Å². The molecule has 7 rings (SSSR count). The van der Waals surface area contributed by atoms with Crippen LogP contribution in [-0.2, 0) is 21.0 Å². The number of fused-ring (bicyclic) bond motifs is 6. The summed E-state index contributed by atoms with van der Waals surface area (Å²) in [7, 11) is 0. The third-order valence-electron chi connectivity index (χ3n) is 9.85. The molecule has 4 heterocycles. The van der Waals surface area contributed by atoms with Crippen molar-refractivity contribution in [2.24, 2.45) is 0 Å². The van der Waals surface area contributed by atoms with Crippen LogP contribution >= 0.6 is 34.0 Å². The highest BCUT2D eigenvalue weighted by molar-refractivity contribution is 7.27. The molecule has 0 aliphatic heterocycles. The van der Waals surface area contributed by atoms with Crippen molar-refractivity contribution in [2.75, 3.05) is 0 Å². The van der Waals surface area contributed by atoms with Gasteiger partial charge in [-0.25, -0.2) is 4.79 Å². The van der Waals surface area contributed by atoms with Crippen LogP contribution in [0.2, 0.25) is 0 Å². The lowest BCUT2D eigenvalue weighted by molar-refractivity contribution is -0.132. The number of carboxylic acids is 1. The van der Waals surface area contributed by atoms with Gasteiger partial charge in [0.1, 0.15) is 16.6 Å². The smallest absolute Gasteiger partial charge is 0.346 e. The highest BCUT2D eigenvalue weighted by Crippen LogP contribution is 2.58. The van der Waals surface area contributed by atoms with E-state index in [1.54, 1.807) is 28.7 Å². The van der Waals surface area contributed by atoms with Gasteiger partial charge in [-0.3, -0.25) is 4.57 Å². The van der Waals surface area contributed by atoms with Gasteiger partial charge in [0, 0.05) is 40.6 Å². The highest BCUT2D eigenvalue weighted by atomic mass is 32.1. The topological polar surface area (TPSA) is 66.0 Å². The molecule has 1 aliphatic rings. The number of hydrogen-bond acceptors (Lipinski definition) is 5. The Morgan fingerprint density at radius 2 is 1.33 bits per heavy atom. The molecule has 0 fully saturated rings. The zero-order valence-corrected chi connectivity index (χ0v) is 33.8. The van der Waals surface area contributed by atoms with E-state index in [4.69, 9.17) is 6.42 Å². The largest absolute Gasteiger partial charge is 0.477 e. The molecule has 0 radical (unpaired) electrons. The Morgan fingerprint density at radius 3 is 1.91 bits per heavy atom. The predicted octanol–water partition coefficient (Wildman–Crippen LogP) is 11.5. The monoisotopic (exact) mass is 756 g/mol. The summed E-state index contributed by atoms with van der Waals surface area (Å²) in [5.41, 5.74) is 7.43. The first-order valence-corrected chi connectivity index (χ1v) is 19.8. The fourth-order valence-corrected chi connectivity index (χ4v) is 10.8. The molecule has 4 aromatic heterocycles. The maximum atomic E-state index is 11.6. The molecule has 54 heavy (non-hydrogen) atoms. The average molecular weight is 757 g/mol. The summed E-state index contributed by atoms with van der Waals surface area (Å²) in [6.45, 7) is 17.9. The Hall–Kier alpha value is -5.72. The second-order valence-corrected chi connectivity index (χ2v) is 19.0. The number of aromatic nitrogens is 1. The van der Waals surface area contributed by atoms with Crippen molar-refractivity contribution in [1.29, 1.82) is 5.26 Å². The Bertz CT molecular complexity index is 2820. The molecule has 0 unspecified atom stereocenters. The van der Waals surface area contributed by atoms with E-state index in [1.165, 1.54) is 49.8 Å². The molecule has 0 saturated heterocycles. The van der Waals surface area contributed by atoms with Gasteiger partial charge in [-0.05, 0) is 123 Å². The van der Waals surface area contributed by atoms with Crippen molar-refractivity contribution >= 4 is 67.9 Å². The van der Waals surface area contributed by atoms with Gasteiger partial charge in [0.15, 0.2) is 0 Å². The van der Waals surface area contributed by atoms with Gasteiger partial charge < -0.3 is 5.11 Å². The molecular formula is C47H36N2O2S3. The molecule has 1 aliphatic carbocycles. The predicted molar refractivity (Wildman–Crippen MR) is 227 cm³/mol. The molecule has 0 amide bonds. The van der Waals surface area contributed by atoms with Gasteiger partial charge in [-0.15, -0.1) is 40.4 Å². The van der Waals surface area contributed by atoms with Crippen LogP contribution in [0.25, 0.3) is 52.4 Å². The standard InChI is InChI=1S/C47H36N2O2S3/c1-10-11-12-13-14-15-16-28-22-39(40-26-36-42(53-40)41-35(47(36,8)9)25-32(52-41)21-29(27-48)44(50)51)54-43(28)49-37-19-17-30(45(2,3)4)23-33(37)34-24-31(46(5,6)7)18-20-38(34)49/h1,17-26H,2-9H3,(H,50,51). The third-order valence-corrected chi connectivity index (χ3v) is 13.5. The molecule has 0 saturated carbocycles. The number of aliphatic carboxylic acids is 1. The van der Waals surface area contributed by atoms with Crippen molar-refractivity contribution in [1.82, 2.24) is 4.57 Å². The Labute approximate surface area is 328 Å². The Kier molecular flexibility index (Phi) is 9.02. The first-order chi connectivity index (χ1) is 25.5. The molecule has 0 bridgehead atoms. The lowest BCUT2D eigenvalue weighted by Gasteiger charge is -2.19. The van der Waals surface area contributed by atoms with Crippen LogP contribution in [0.3, 0.4) is 0 Å². The summed E-state index contributed by atoms with van der Waals surface area (Å²) < 4.78 is 2.35. The lowest BCUT2D eigenvalue weighted by Crippen LogP contribution is -2.13. The fourth-order valence-electron chi connectivity index (χ4n) is 6.85. The first-order valence-electron chi connectivity index (χ1n) is 17.4.